The molecule has 0 atom stereocenters. The first kappa shape index (κ1) is 13.4. The molecule has 0 fully saturated rings. The summed E-state index contributed by atoms with van der Waals surface area (Å²) in [5.41, 5.74) is 2.83. The van der Waals surface area contributed by atoms with E-state index in [4.69, 9.17) is 11.6 Å². The lowest BCUT2D eigenvalue weighted by atomic mass is 10.0. The van der Waals surface area contributed by atoms with E-state index >= 15 is 0 Å². The average Bonchev–Trinajstić information content (AvgIpc) is 2.39. The molecule has 3 heteroatoms. The molecule has 0 saturated carbocycles. The molecule has 0 radical (unpaired) electrons. The Bertz CT molecular complexity index is 627. The number of carboxylic acid groups (broad SMARTS) is 1. The number of carbonyl (C=O) groups is 1. The van der Waals surface area contributed by atoms with Gasteiger partial charge in [0.15, 0.2) is 0 Å². The molecule has 0 aliphatic rings. The smallest absolute Gasteiger partial charge is 0.336 e. The zero-order valence-corrected chi connectivity index (χ0v) is 11.2. The number of halogens is 1. The molecule has 2 rings (SSSR count). The van der Waals surface area contributed by atoms with Crippen molar-refractivity contribution >= 4 is 29.2 Å². The van der Waals surface area contributed by atoms with Crippen molar-refractivity contribution in [2.24, 2.45) is 0 Å². The van der Waals surface area contributed by atoms with Gasteiger partial charge in [0.05, 0.1) is 5.57 Å². The van der Waals surface area contributed by atoms with E-state index in [1.165, 1.54) is 0 Å². The predicted molar refractivity (Wildman–Crippen MR) is 78.1 cm³/mol. The van der Waals surface area contributed by atoms with Gasteiger partial charge in [0.25, 0.3) is 0 Å². The van der Waals surface area contributed by atoms with Crippen LogP contribution in [0, 0.1) is 6.92 Å². The molecule has 0 saturated heterocycles. The van der Waals surface area contributed by atoms with Crippen LogP contribution in [0.2, 0.25) is 5.02 Å². The highest BCUT2D eigenvalue weighted by Crippen LogP contribution is 2.22. The normalized spacial score (nSPS) is 11.4. The van der Waals surface area contributed by atoms with Crippen molar-refractivity contribution in [1.29, 1.82) is 0 Å². The zero-order valence-electron chi connectivity index (χ0n) is 10.4. The van der Waals surface area contributed by atoms with Crippen LogP contribution in [0.4, 0.5) is 0 Å². The van der Waals surface area contributed by atoms with E-state index < -0.39 is 5.97 Å². The largest absolute Gasteiger partial charge is 0.478 e. The van der Waals surface area contributed by atoms with E-state index in [1.54, 1.807) is 30.3 Å². The van der Waals surface area contributed by atoms with Crippen molar-refractivity contribution in [3.8, 4) is 0 Å². The van der Waals surface area contributed by atoms with Crippen molar-refractivity contribution in [2.75, 3.05) is 0 Å². The van der Waals surface area contributed by atoms with Crippen molar-refractivity contribution < 1.29 is 9.90 Å². The summed E-state index contributed by atoms with van der Waals surface area (Å²) in [5, 5.41) is 9.93. The summed E-state index contributed by atoms with van der Waals surface area (Å²) in [6.45, 7) is 1.95. The van der Waals surface area contributed by atoms with E-state index in [2.05, 4.69) is 0 Å². The zero-order chi connectivity index (χ0) is 13.8. The highest BCUT2D eigenvalue weighted by molar-refractivity contribution is 6.30. The number of carboxylic acids is 1. The summed E-state index contributed by atoms with van der Waals surface area (Å²) >= 11 is 5.81. The lowest BCUT2D eigenvalue weighted by Crippen LogP contribution is -1.99. The van der Waals surface area contributed by atoms with Crippen LogP contribution in [0.1, 0.15) is 16.7 Å². The van der Waals surface area contributed by atoms with Gasteiger partial charge in [-0.05, 0) is 41.8 Å². The highest BCUT2D eigenvalue weighted by Gasteiger charge is 2.10. The maximum absolute atomic E-state index is 11.4. The van der Waals surface area contributed by atoms with Crippen molar-refractivity contribution in [1.82, 2.24) is 0 Å². The second-order valence-electron chi connectivity index (χ2n) is 4.23. The van der Waals surface area contributed by atoms with E-state index in [9.17, 15) is 9.90 Å². The summed E-state index contributed by atoms with van der Waals surface area (Å²) < 4.78 is 0. The topological polar surface area (TPSA) is 37.3 Å². The van der Waals surface area contributed by atoms with Crippen LogP contribution in [-0.2, 0) is 4.79 Å². The van der Waals surface area contributed by atoms with E-state index in [0.29, 0.717) is 10.6 Å². The third kappa shape index (κ3) is 3.24. The molecule has 0 heterocycles. The quantitative estimate of drug-likeness (QED) is 0.669. The monoisotopic (exact) mass is 272 g/mol. The lowest BCUT2D eigenvalue weighted by molar-refractivity contribution is -0.130. The first-order valence-corrected chi connectivity index (χ1v) is 6.22. The second kappa shape index (κ2) is 5.72. The Hall–Kier alpha value is -2.06. The number of aryl methyl sites for hydroxylation is 1. The molecule has 0 aliphatic heterocycles. The summed E-state index contributed by atoms with van der Waals surface area (Å²) in [4.78, 5) is 11.4. The summed E-state index contributed by atoms with van der Waals surface area (Å²) in [6, 6.07) is 14.5. The molecule has 0 spiro atoms. The van der Waals surface area contributed by atoms with Crippen LogP contribution < -0.4 is 0 Å². The molecule has 0 aromatic heterocycles. The van der Waals surface area contributed by atoms with Crippen LogP contribution in [0.15, 0.2) is 48.5 Å². The molecule has 0 aliphatic carbocycles. The third-order valence-corrected chi connectivity index (χ3v) is 3.13. The Balaban J connectivity index is 2.50. The van der Waals surface area contributed by atoms with Gasteiger partial charge in [-0.25, -0.2) is 4.79 Å². The number of aliphatic carboxylic acids is 1. The second-order valence-corrected chi connectivity index (χ2v) is 4.66. The Morgan fingerprint density at radius 2 is 1.74 bits per heavy atom. The van der Waals surface area contributed by atoms with Crippen LogP contribution >= 0.6 is 11.6 Å². The van der Waals surface area contributed by atoms with Gasteiger partial charge in [-0.15, -0.1) is 0 Å². The molecule has 2 aromatic rings. The third-order valence-electron chi connectivity index (χ3n) is 2.87. The van der Waals surface area contributed by atoms with Crippen LogP contribution in [0.25, 0.3) is 11.6 Å². The van der Waals surface area contributed by atoms with Gasteiger partial charge in [0.1, 0.15) is 0 Å². The highest BCUT2D eigenvalue weighted by atomic mass is 35.5. The fourth-order valence-electron chi connectivity index (χ4n) is 1.80. The Morgan fingerprint density at radius 1 is 1.11 bits per heavy atom. The lowest BCUT2D eigenvalue weighted by Gasteiger charge is -2.05. The number of rotatable bonds is 3. The van der Waals surface area contributed by atoms with Crippen molar-refractivity contribution in [3.63, 3.8) is 0 Å². The fourth-order valence-corrected chi connectivity index (χ4v) is 1.93. The molecule has 2 nitrogen and oxygen atoms in total. The predicted octanol–water partition coefficient (Wildman–Crippen LogP) is 4.27. The maximum atomic E-state index is 11.4. The molecule has 2 aromatic carbocycles. The van der Waals surface area contributed by atoms with Gasteiger partial charge in [0.2, 0.25) is 0 Å². The molecule has 96 valence electrons. The van der Waals surface area contributed by atoms with Gasteiger partial charge < -0.3 is 5.11 Å². The fraction of sp³-hybridized carbons (Fsp3) is 0.0625. The first-order chi connectivity index (χ1) is 9.08. The van der Waals surface area contributed by atoms with Crippen LogP contribution in [0.3, 0.4) is 0 Å². The van der Waals surface area contributed by atoms with E-state index in [-0.39, 0.29) is 5.57 Å². The van der Waals surface area contributed by atoms with Gasteiger partial charge >= 0.3 is 5.97 Å². The van der Waals surface area contributed by atoms with Gasteiger partial charge in [-0.2, -0.15) is 0 Å². The number of benzene rings is 2. The molecule has 0 unspecified atom stereocenters. The molecular weight excluding hydrogens is 260 g/mol. The minimum Gasteiger partial charge on any atom is -0.478 e. The minimum atomic E-state index is -0.953. The molecular formula is C16H13ClO2. The van der Waals surface area contributed by atoms with Crippen molar-refractivity contribution in [3.05, 3.63) is 70.2 Å². The number of hydrogen-bond donors (Lipinski definition) is 1. The summed E-state index contributed by atoms with van der Waals surface area (Å²) in [5.74, 6) is -0.953. The van der Waals surface area contributed by atoms with Gasteiger partial charge in [0, 0.05) is 5.02 Å². The maximum Gasteiger partial charge on any atom is 0.336 e. The number of hydrogen-bond acceptors (Lipinski definition) is 1. The standard InChI is InChI=1S/C16H13ClO2/c1-11-4-2-3-5-13(11)10-15(16(18)19)12-6-8-14(17)9-7-12/h2-10H,1H3,(H,18,19)/b15-10+. The van der Waals surface area contributed by atoms with Crippen molar-refractivity contribution in [2.45, 2.75) is 6.92 Å². The summed E-state index contributed by atoms with van der Waals surface area (Å²) in [7, 11) is 0. The first-order valence-electron chi connectivity index (χ1n) is 5.84. The average molecular weight is 273 g/mol. The van der Waals surface area contributed by atoms with E-state index in [0.717, 1.165) is 11.1 Å². The minimum absolute atomic E-state index is 0.256. The Labute approximate surface area is 117 Å². The Kier molecular flexibility index (Phi) is 4.03. The Morgan fingerprint density at radius 3 is 2.32 bits per heavy atom. The van der Waals surface area contributed by atoms with Crippen LogP contribution in [-0.4, -0.2) is 11.1 Å². The SMILES string of the molecule is Cc1ccccc1/C=C(/C(=O)O)c1ccc(Cl)cc1. The molecule has 1 N–H and O–H groups in total. The molecule has 0 bridgehead atoms. The van der Waals surface area contributed by atoms with Crippen LogP contribution in [0.5, 0.6) is 0 Å². The molecule has 0 amide bonds. The molecule has 19 heavy (non-hydrogen) atoms. The van der Waals surface area contributed by atoms with E-state index in [1.807, 2.05) is 31.2 Å². The summed E-state index contributed by atoms with van der Waals surface area (Å²) in [6.07, 6.45) is 1.68. The van der Waals surface area contributed by atoms with Gasteiger partial charge in [-0.3, -0.25) is 0 Å². The van der Waals surface area contributed by atoms with Gasteiger partial charge in [-0.1, -0.05) is 48.0 Å².